The fraction of sp³-hybridized carbons (Fsp3) is 0.158. The van der Waals surface area contributed by atoms with Gasteiger partial charge in [-0.3, -0.25) is 0 Å². The standard InChI is InChI=1S/C19H16ClN3O/c1-10-4-5-13(17-11(2)23-24-12(17)3)8-16(10)15-7-6-14(9-21)18(20)19(15)22/h4-8H,22H2,1-3H3. The minimum absolute atomic E-state index is 0.289. The molecule has 0 saturated heterocycles. The van der Waals surface area contributed by atoms with E-state index in [1.165, 1.54) is 0 Å². The van der Waals surface area contributed by atoms with Crippen LogP contribution in [0.3, 0.4) is 0 Å². The first kappa shape index (κ1) is 16.1. The number of benzene rings is 2. The number of nitrogen functional groups attached to an aromatic ring is 1. The molecule has 0 saturated carbocycles. The van der Waals surface area contributed by atoms with E-state index in [9.17, 15) is 0 Å². The van der Waals surface area contributed by atoms with E-state index in [4.69, 9.17) is 27.1 Å². The first-order valence-corrected chi connectivity index (χ1v) is 7.84. The minimum Gasteiger partial charge on any atom is -0.397 e. The number of anilines is 1. The molecule has 120 valence electrons. The molecule has 0 bridgehead atoms. The second kappa shape index (κ2) is 6.03. The Morgan fingerprint density at radius 2 is 1.88 bits per heavy atom. The van der Waals surface area contributed by atoms with E-state index in [2.05, 4.69) is 11.2 Å². The van der Waals surface area contributed by atoms with Gasteiger partial charge in [0.25, 0.3) is 0 Å². The molecule has 2 N–H and O–H groups in total. The SMILES string of the molecule is Cc1ccc(-c2c(C)noc2C)cc1-c1ccc(C#N)c(Cl)c1N. The van der Waals surface area contributed by atoms with E-state index in [0.717, 1.165) is 39.3 Å². The van der Waals surface area contributed by atoms with Crippen LogP contribution in [0.5, 0.6) is 0 Å². The van der Waals surface area contributed by atoms with Gasteiger partial charge in [0.1, 0.15) is 11.8 Å². The number of nitrogens with two attached hydrogens (primary N) is 1. The van der Waals surface area contributed by atoms with Crippen molar-refractivity contribution in [3.63, 3.8) is 0 Å². The molecule has 1 aromatic heterocycles. The average molecular weight is 338 g/mol. The number of aromatic nitrogens is 1. The van der Waals surface area contributed by atoms with Crippen molar-refractivity contribution in [3.05, 3.63) is 57.9 Å². The van der Waals surface area contributed by atoms with Crippen molar-refractivity contribution in [2.24, 2.45) is 0 Å². The van der Waals surface area contributed by atoms with Crippen LogP contribution < -0.4 is 5.73 Å². The van der Waals surface area contributed by atoms with Crippen LogP contribution in [0.25, 0.3) is 22.3 Å². The fourth-order valence-electron chi connectivity index (χ4n) is 2.88. The summed E-state index contributed by atoms with van der Waals surface area (Å²) in [5.74, 6) is 0.771. The van der Waals surface area contributed by atoms with Gasteiger partial charge in [-0.05, 0) is 49.6 Å². The van der Waals surface area contributed by atoms with Crippen molar-refractivity contribution in [1.29, 1.82) is 5.26 Å². The van der Waals surface area contributed by atoms with Crippen molar-refractivity contribution >= 4 is 17.3 Å². The third-order valence-corrected chi connectivity index (χ3v) is 4.56. The van der Waals surface area contributed by atoms with Crippen LogP contribution in [-0.4, -0.2) is 5.16 Å². The Morgan fingerprint density at radius 1 is 1.12 bits per heavy atom. The third-order valence-electron chi connectivity index (χ3n) is 4.15. The Balaban J connectivity index is 2.22. The Bertz CT molecular complexity index is 964. The molecule has 24 heavy (non-hydrogen) atoms. The topological polar surface area (TPSA) is 75.8 Å². The van der Waals surface area contributed by atoms with Gasteiger partial charge in [0, 0.05) is 11.1 Å². The third kappa shape index (κ3) is 2.53. The molecule has 0 fully saturated rings. The van der Waals surface area contributed by atoms with Gasteiger partial charge in [-0.2, -0.15) is 5.26 Å². The Kier molecular flexibility index (Phi) is 4.04. The van der Waals surface area contributed by atoms with E-state index in [0.29, 0.717) is 11.3 Å². The molecule has 0 aliphatic heterocycles. The van der Waals surface area contributed by atoms with Crippen molar-refractivity contribution in [2.45, 2.75) is 20.8 Å². The van der Waals surface area contributed by atoms with Gasteiger partial charge in [0.15, 0.2) is 0 Å². The molecule has 4 nitrogen and oxygen atoms in total. The van der Waals surface area contributed by atoms with Gasteiger partial charge in [0.05, 0.1) is 22.0 Å². The summed E-state index contributed by atoms with van der Waals surface area (Å²) in [5, 5.41) is 13.4. The summed E-state index contributed by atoms with van der Waals surface area (Å²) >= 11 is 6.22. The second-order valence-electron chi connectivity index (χ2n) is 5.73. The molecule has 0 atom stereocenters. The normalized spacial score (nSPS) is 10.6. The Labute approximate surface area is 145 Å². The van der Waals surface area contributed by atoms with E-state index in [-0.39, 0.29) is 5.02 Å². The molecule has 3 rings (SSSR count). The smallest absolute Gasteiger partial charge is 0.141 e. The van der Waals surface area contributed by atoms with Crippen LogP contribution in [0, 0.1) is 32.1 Å². The highest BCUT2D eigenvalue weighted by atomic mass is 35.5. The summed E-state index contributed by atoms with van der Waals surface area (Å²) in [5.41, 5.74) is 12.6. The molecule has 0 spiro atoms. The average Bonchev–Trinajstić information content (AvgIpc) is 2.90. The van der Waals surface area contributed by atoms with E-state index < -0.39 is 0 Å². The van der Waals surface area contributed by atoms with Crippen molar-refractivity contribution in [1.82, 2.24) is 5.16 Å². The number of hydrogen-bond donors (Lipinski definition) is 1. The van der Waals surface area contributed by atoms with Crippen molar-refractivity contribution < 1.29 is 4.52 Å². The number of hydrogen-bond acceptors (Lipinski definition) is 4. The van der Waals surface area contributed by atoms with E-state index in [1.807, 2.05) is 45.0 Å². The predicted molar refractivity (Wildman–Crippen MR) is 95.7 cm³/mol. The Hall–Kier alpha value is -2.77. The van der Waals surface area contributed by atoms with Gasteiger partial charge in [-0.25, -0.2) is 0 Å². The van der Waals surface area contributed by atoms with Crippen molar-refractivity contribution in [3.8, 4) is 28.3 Å². The predicted octanol–water partition coefficient (Wildman–Crippen LogP) is 5.04. The number of aryl methyl sites for hydroxylation is 3. The summed E-state index contributed by atoms with van der Waals surface area (Å²) < 4.78 is 5.27. The first-order valence-electron chi connectivity index (χ1n) is 7.46. The molecule has 0 aliphatic rings. The molecule has 3 aromatic rings. The van der Waals surface area contributed by atoms with Crippen LogP contribution in [-0.2, 0) is 0 Å². The molecule has 2 aromatic carbocycles. The van der Waals surface area contributed by atoms with Gasteiger partial charge < -0.3 is 10.3 Å². The maximum atomic E-state index is 9.08. The maximum absolute atomic E-state index is 9.08. The molecule has 5 heteroatoms. The van der Waals surface area contributed by atoms with Gasteiger partial charge >= 0.3 is 0 Å². The molecule has 0 unspecified atom stereocenters. The zero-order valence-electron chi connectivity index (χ0n) is 13.6. The van der Waals surface area contributed by atoms with Crippen LogP contribution in [0.15, 0.2) is 34.9 Å². The lowest BCUT2D eigenvalue weighted by molar-refractivity contribution is 0.393. The number of rotatable bonds is 2. The summed E-state index contributed by atoms with van der Waals surface area (Å²) in [4.78, 5) is 0. The quantitative estimate of drug-likeness (QED) is 0.664. The lowest BCUT2D eigenvalue weighted by Gasteiger charge is -2.13. The zero-order valence-corrected chi connectivity index (χ0v) is 14.4. The molecule has 0 aliphatic carbocycles. The Morgan fingerprint density at radius 3 is 2.50 bits per heavy atom. The molecule has 1 heterocycles. The van der Waals surface area contributed by atoms with Gasteiger partial charge in [0.2, 0.25) is 0 Å². The number of nitrogens with zero attached hydrogens (tertiary/aromatic N) is 2. The van der Waals surface area contributed by atoms with E-state index >= 15 is 0 Å². The van der Waals surface area contributed by atoms with Crippen molar-refractivity contribution in [2.75, 3.05) is 5.73 Å². The molecular formula is C19H16ClN3O. The highest BCUT2D eigenvalue weighted by Gasteiger charge is 2.16. The largest absolute Gasteiger partial charge is 0.397 e. The summed E-state index contributed by atoms with van der Waals surface area (Å²) in [6.45, 7) is 5.82. The lowest BCUT2D eigenvalue weighted by atomic mass is 9.93. The minimum atomic E-state index is 0.289. The summed E-state index contributed by atoms with van der Waals surface area (Å²) in [6.07, 6.45) is 0. The van der Waals surface area contributed by atoms with Crippen LogP contribution >= 0.6 is 11.6 Å². The molecule has 0 amide bonds. The zero-order chi connectivity index (χ0) is 17.4. The number of nitriles is 1. The monoisotopic (exact) mass is 337 g/mol. The maximum Gasteiger partial charge on any atom is 0.141 e. The van der Waals surface area contributed by atoms with Crippen LogP contribution in [0.4, 0.5) is 5.69 Å². The fourth-order valence-corrected chi connectivity index (χ4v) is 3.08. The lowest BCUT2D eigenvalue weighted by Crippen LogP contribution is -1.96. The molecule has 0 radical (unpaired) electrons. The van der Waals surface area contributed by atoms with Crippen LogP contribution in [0.2, 0.25) is 5.02 Å². The highest BCUT2D eigenvalue weighted by Crippen LogP contribution is 2.38. The van der Waals surface area contributed by atoms with Gasteiger partial charge in [-0.15, -0.1) is 0 Å². The highest BCUT2D eigenvalue weighted by molar-refractivity contribution is 6.35. The van der Waals surface area contributed by atoms with Gasteiger partial charge in [-0.1, -0.05) is 35.0 Å². The molecular weight excluding hydrogens is 322 g/mol. The number of halogens is 1. The van der Waals surface area contributed by atoms with Crippen LogP contribution in [0.1, 0.15) is 22.6 Å². The first-order chi connectivity index (χ1) is 11.4. The summed E-state index contributed by atoms with van der Waals surface area (Å²) in [6, 6.07) is 11.7. The summed E-state index contributed by atoms with van der Waals surface area (Å²) in [7, 11) is 0. The second-order valence-corrected chi connectivity index (χ2v) is 6.11. The van der Waals surface area contributed by atoms with E-state index in [1.54, 1.807) is 6.07 Å².